The van der Waals surface area contributed by atoms with Crippen molar-refractivity contribution >= 4 is 19.4 Å². The van der Waals surface area contributed by atoms with Crippen LogP contribution >= 0.6 is 0 Å². The van der Waals surface area contributed by atoms with Gasteiger partial charge in [-0.3, -0.25) is 0 Å². The molecule has 0 radical (unpaired) electrons. The second-order valence-electron chi connectivity index (χ2n) is 4.02. The van der Waals surface area contributed by atoms with Crippen molar-refractivity contribution in [2.75, 3.05) is 0 Å². The molecule has 82 valence electrons. The molecule has 0 bridgehead atoms. The van der Waals surface area contributed by atoms with Crippen LogP contribution in [-0.2, 0) is 0 Å². The van der Waals surface area contributed by atoms with Crippen molar-refractivity contribution in [1.29, 1.82) is 0 Å². The Bertz CT molecular complexity index is 501. The van der Waals surface area contributed by atoms with Crippen molar-refractivity contribution in [3.63, 3.8) is 0 Å². The Labute approximate surface area is 104 Å². The molecule has 0 N–H and O–H groups in total. The van der Waals surface area contributed by atoms with Crippen LogP contribution in [0.3, 0.4) is 0 Å². The Balaban J connectivity index is 2.62. The molecule has 1 heteroatoms. The normalized spacial score (nSPS) is 10.4. The molecule has 0 aliphatic heterocycles. The zero-order chi connectivity index (χ0) is 11.5. The molecule has 0 unspecified atom stereocenters. The van der Waals surface area contributed by atoms with Crippen molar-refractivity contribution in [3.8, 4) is 11.1 Å². The van der Waals surface area contributed by atoms with Crippen LogP contribution in [0, 0.1) is 13.8 Å². The second kappa shape index (κ2) is 4.86. The third-order valence-electron chi connectivity index (χ3n) is 2.79. The summed E-state index contributed by atoms with van der Waals surface area (Å²) in [5.74, 6) is 2.27. The van der Waals surface area contributed by atoms with Crippen molar-refractivity contribution in [1.82, 2.24) is 0 Å². The van der Waals surface area contributed by atoms with E-state index < -0.39 is 0 Å². The van der Waals surface area contributed by atoms with Crippen LogP contribution in [0.25, 0.3) is 11.1 Å². The molecule has 0 aromatic heterocycles. The summed E-state index contributed by atoms with van der Waals surface area (Å²) >= 11 is 0.548. The average Bonchev–Trinajstić information content (AvgIpc) is 2.32. The van der Waals surface area contributed by atoms with Gasteiger partial charge >= 0.3 is 104 Å². The summed E-state index contributed by atoms with van der Waals surface area (Å²) in [5, 5.41) is 0. The summed E-state index contributed by atoms with van der Waals surface area (Å²) in [6, 6.07) is 15.4. The van der Waals surface area contributed by atoms with Gasteiger partial charge in [0.25, 0.3) is 0 Å². The van der Waals surface area contributed by atoms with Crippen LogP contribution in [0.5, 0.6) is 0 Å². The van der Waals surface area contributed by atoms with E-state index in [9.17, 15) is 0 Å². The fraction of sp³-hybridized carbons (Fsp3) is 0.200. The third-order valence-corrected chi connectivity index (χ3v) is 4.46. The van der Waals surface area contributed by atoms with Crippen molar-refractivity contribution in [2.45, 2.75) is 19.7 Å². The van der Waals surface area contributed by atoms with Gasteiger partial charge < -0.3 is 0 Å². The van der Waals surface area contributed by atoms with Gasteiger partial charge in [0.15, 0.2) is 0 Å². The van der Waals surface area contributed by atoms with Crippen molar-refractivity contribution in [2.24, 2.45) is 0 Å². The molecule has 0 heterocycles. The quantitative estimate of drug-likeness (QED) is 0.737. The Hall–Kier alpha value is -1.04. The van der Waals surface area contributed by atoms with Crippen molar-refractivity contribution in [3.05, 3.63) is 53.6 Å². The SMILES string of the molecule is C[Se]c1ccccc1-c1cc(C)ccc1C. The predicted octanol–water partition coefficient (Wildman–Crippen LogP) is 3.35. The molecule has 0 spiro atoms. The maximum absolute atomic E-state index is 2.29. The average molecular weight is 275 g/mol. The molecule has 0 saturated carbocycles. The van der Waals surface area contributed by atoms with E-state index >= 15 is 0 Å². The van der Waals surface area contributed by atoms with Gasteiger partial charge in [0.2, 0.25) is 0 Å². The van der Waals surface area contributed by atoms with Crippen molar-refractivity contribution < 1.29 is 0 Å². The zero-order valence-corrected chi connectivity index (χ0v) is 11.7. The van der Waals surface area contributed by atoms with Crippen LogP contribution in [0.2, 0.25) is 5.82 Å². The number of benzene rings is 2. The van der Waals surface area contributed by atoms with E-state index in [1.807, 2.05) is 0 Å². The molecule has 16 heavy (non-hydrogen) atoms. The minimum atomic E-state index is 0.548. The molecular weight excluding hydrogens is 259 g/mol. The fourth-order valence-electron chi connectivity index (χ4n) is 1.89. The predicted molar refractivity (Wildman–Crippen MR) is 72.6 cm³/mol. The molecule has 2 aromatic rings. The van der Waals surface area contributed by atoms with Crippen LogP contribution in [-0.4, -0.2) is 15.0 Å². The van der Waals surface area contributed by atoms with Gasteiger partial charge in [-0.2, -0.15) is 0 Å². The number of hydrogen-bond donors (Lipinski definition) is 0. The van der Waals surface area contributed by atoms with Gasteiger partial charge in [-0.15, -0.1) is 0 Å². The van der Waals surface area contributed by atoms with Gasteiger partial charge in [-0.1, -0.05) is 0 Å². The monoisotopic (exact) mass is 276 g/mol. The molecular formula is C15H16Se. The Morgan fingerprint density at radius 2 is 1.62 bits per heavy atom. The first kappa shape index (κ1) is 11.4. The first-order valence-corrected chi connectivity index (χ1v) is 8.00. The van der Waals surface area contributed by atoms with Crippen LogP contribution in [0.1, 0.15) is 11.1 Å². The molecule has 2 rings (SSSR count). The number of rotatable bonds is 2. The van der Waals surface area contributed by atoms with Gasteiger partial charge in [0, 0.05) is 0 Å². The topological polar surface area (TPSA) is 0 Å². The van der Waals surface area contributed by atoms with Gasteiger partial charge in [0.05, 0.1) is 0 Å². The Kier molecular flexibility index (Phi) is 3.48. The van der Waals surface area contributed by atoms with E-state index in [-0.39, 0.29) is 0 Å². The minimum absolute atomic E-state index is 0.548. The van der Waals surface area contributed by atoms with E-state index in [2.05, 4.69) is 62.1 Å². The number of aryl methyl sites for hydroxylation is 2. The van der Waals surface area contributed by atoms with Gasteiger partial charge in [-0.25, -0.2) is 0 Å². The summed E-state index contributed by atoms with van der Waals surface area (Å²) in [6.45, 7) is 4.34. The van der Waals surface area contributed by atoms with E-state index in [1.165, 1.54) is 26.7 Å². The molecule has 0 fully saturated rings. The molecule has 2 aromatic carbocycles. The zero-order valence-electron chi connectivity index (χ0n) is 9.95. The summed E-state index contributed by atoms with van der Waals surface area (Å²) in [7, 11) is 0. The molecule has 0 aliphatic rings. The number of hydrogen-bond acceptors (Lipinski definition) is 0. The van der Waals surface area contributed by atoms with Crippen LogP contribution in [0.4, 0.5) is 0 Å². The third kappa shape index (κ3) is 2.21. The molecule has 0 aliphatic carbocycles. The fourth-order valence-corrected chi connectivity index (χ4v) is 3.18. The summed E-state index contributed by atoms with van der Waals surface area (Å²) in [4.78, 5) is 0. The molecule has 0 atom stereocenters. The van der Waals surface area contributed by atoms with Gasteiger partial charge in [-0.05, 0) is 0 Å². The first-order chi connectivity index (χ1) is 7.72. The molecule has 0 saturated heterocycles. The van der Waals surface area contributed by atoms with E-state index in [4.69, 9.17) is 0 Å². The summed E-state index contributed by atoms with van der Waals surface area (Å²) in [5.41, 5.74) is 5.49. The van der Waals surface area contributed by atoms with E-state index in [0.717, 1.165) is 0 Å². The van der Waals surface area contributed by atoms with E-state index in [1.54, 1.807) is 0 Å². The summed E-state index contributed by atoms with van der Waals surface area (Å²) in [6.07, 6.45) is 0. The van der Waals surface area contributed by atoms with Gasteiger partial charge in [0.1, 0.15) is 0 Å². The summed E-state index contributed by atoms with van der Waals surface area (Å²) < 4.78 is 1.49. The Morgan fingerprint density at radius 3 is 2.38 bits per heavy atom. The van der Waals surface area contributed by atoms with Crippen LogP contribution in [0.15, 0.2) is 42.5 Å². The molecule has 0 amide bonds. The maximum atomic E-state index is 2.29. The van der Waals surface area contributed by atoms with E-state index in [0.29, 0.717) is 15.0 Å². The first-order valence-electron chi connectivity index (χ1n) is 5.43. The second-order valence-corrected chi connectivity index (χ2v) is 5.80. The van der Waals surface area contributed by atoms with Crippen LogP contribution < -0.4 is 4.46 Å². The Morgan fingerprint density at radius 1 is 0.875 bits per heavy atom. The molecule has 0 nitrogen and oxygen atoms in total. The standard InChI is InChI=1S/C15H16Se/c1-11-8-9-12(2)14(10-11)13-6-4-5-7-15(13)16-3/h4-10H,1-3H3.